The van der Waals surface area contributed by atoms with Crippen molar-refractivity contribution >= 4 is 29.3 Å². The Balaban J connectivity index is 0.00000208. The maximum Gasteiger partial charge on any atom is 0.111 e. The lowest BCUT2D eigenvalue weighted by atomic mass is 10.2. The van der Waals surface area contributed by atoms with Crippen LogP contribution in [0.25, 0.3) is 6.08 Å². The SMILES string of the molecule is C=Cc1ccc([P+](CC)(c2ccccc2)c2ccccc2)cc1.[Br-]. The van der Waals surface area contributed by atoms with E-state index in [0.29, 0.717) is 0 Å². The van der Waals surface area contributed by atoms with Crippen molar-refractivity contribution in [3.63, 3.8) is 0 Å². The highest BCUT2D eigenvalue weighted by molar-refractivity contribution is 7.95. The van der Waals surface area contributed by atoms with Crippen LogP contribution in [-0.4, -0.2) is 6.16 Å². The highest BCUT2D eigenvalue weighted by atomic mass is 79.9. The molecule has 0 amide bonds. The van der Waals surface area contributed by atoms with Crippen LogP contribution < -0.4 is 32.9 Å². The van der Waals surface area contributed by atoms with Crippen LogP contribution in [-0.2, 0) is 0 Å². The zero-order valence-corrected chi connectivity index (χ0v) is 16.4. The molecule has 122 valence electrons. The predicted octanol–water partition coefficient (Wildman–Crippen LogP) is 1.65. The molecule has 0 atom stereocenters. The van der Waals surface area contributed by atoms with E-state index in [1.54, 1.807) is 0 Å². The third kappa shape index (κ3) is 3.38. The molecule has 24 heavy (non-hydrogen) atoms. The molecular formula is C22H22BrP. The molecule has 0 N–H and O–H groups in total. The molecule has 3 aromatic rings. The van der Waals surface area contributed by atoms with Gasteiger partial charge in [-0.15, -0.1) is 0 Å². The minimum absolute atomic E-state index is 0. The summed E-state index contributed by atoms with van der Waals surface area (Å²) in [6, 6.07) is 30.9. The van der Waals surface area contributed by atoms with Gasteiger partial charge in [-0.25, -0.2) is 0 Å². The summed E-state index contributed by atoms with van der Waals surface area (Å²) < 4.78 is 0. The highest BCUT2D eigenvalue weighted by Crippen LogP contribution is 2.54. The summed E-state index contributed by atoms with van der Waals surface area (Å²) in [4.78, 5) is 0. The molecule has 0 aliphatic rings. The third-order valence-corrected chi connectivity index (χ3v) is 8.93. The van der Waals surface area contributed by atoms with Gasteiger partial charge < -0.3 is 17.0 Å². The molecule has 0 unspecified atom stereocenters. The summed E-state index contributed by atoms with van der Waals surface area (Å²) in [5.41, 5.74) is 1.17. The van der Waals surface area contributed by atoms with Gasteiger partial charge in [-0.05, 0) is 48.9 Å². The van der Waals surface area contributed by atoms with Gasteiger partial charge in [0.2, 0.25) is 0 Å². The fourth-order valence-electron chi connectivity index (χ4n) is 3.22. The predicted molar refractivity (Wildman–Crippen MR) is 106 cm³/mol. The van der Waals surface area contributed by atoms with Crippen LogP contribution in [0.3, 0.4) is 0 Å². The van der Waals surface area contributed by atoms with Gasteiger partial charge in [-0.2, -0.15) is 0 Å². The van der Waals surface area contributed by atoms with E-state index in [1.165, 1.54) is 21.5 Å². The van der Waals surface area contributed by atoms with Crippen molar-refractivity contribution < 1.29 is 17.0 Å². The van der Waals surface area contributed by atoms with E-state index >= 15 is 0 Å². The van der Waals surface area contributed by atoms with Crippen LogP contribution in [0.1, 0.15) is 12.5 Å². The molecule has 0 bridgehead atoms. The molecule has 0 aromatic heterocycles. The van der Waals surface area contributed by atoms with Gasteiger partial charge in [-0.1, -0.05) is 61.2 Å². The van der Waals surface area contributed by atoms with E-state index in [4.69, 9.17) is 0 Å². The summed E-state index contributed by atoms with van der Waals surface area (Å²) in [6.45, 7) is 6.18. The van der Waals surface area contributed by atoms with E-state index < -0.39 is 7.26 Å². The molecule has 0 heterocycles. The molecule has 0 radical (unpaired) electrons. The van der Waals surface area contributed by atoms with Crippen molar-refractivity contribution in [2.24, 2.45) is 0 Å². The van der Waals surface area contributed by atoms with Crippen LogP contribution in [0.5, 0.6) is 0 Å². The quantitative estimate of drug-likeness (QED) is 0.575. The average molecular weight is 397 g/mol. The van der Waals surface area contributed by atoms with E-state index in [-0.39, 0.29) is 17.0 Å². The first-order valence-corrected chi connectivity index (χ1v) is 10.0. The molecule has 0 nitrogen and oxygen atoms in total. The second-order valence-corrected chi connectivity index (χ2v) is 9.39. The zero-order chi connectivity index (χ0) is 16.1. The molecule has 0 saturated carbocycles. The average Bonchev–Trinajstić information content (AvgIpc) is 2.65. The Morgan fingerprint density at radius 1 is 0.708 bits per heavy atom. The second kappa shape index (κ2) is 8.42. The van der Waals surface area contributed by atoms with Crippen molar-refractivity contribution in [1.82, 2.24) is 0 Å². The fraction of sp³-hybridized carbons (Fsp3) is 0.0909. The van der Waals surface area contributed by atoms with E-state index in [2.05, 4.69) is 98.4 Å². The van der Waals surface area contributed by atoms with E-state index in [0.717, 1.165) is 6.16 Å². The lowest BCUT2D eigenvalue weighted by molar-refractivity contribution is -0.00000447. The minimum atomic E-state index is -1.60. The molecule has 0 fully saturated rings. The number of halogens is 1. The van der Waals surface area contributed by atoms with Crippen LogP contribution in [0.4, 0.5) is 0 Å². The first-order chi connectivity index (χ1) is 11.3. The maximum absolute atomic E-state index is 3.87. The number of hydrogen-bond donors (Lipinski definition) is 0. The Kier molecular flexibility index (Phi) is 6.54. The lowest BCUT2D eigenvalue weighted by Crippen LogP contribution is -3.00. The summed E-state index contributed by atoms with van der Waals surface area (Å²) in [6.07, 6.45) is 3.02. The van der Waals surface area contributed by atoms with Gasteiger partial charge in [-0.3, -0.25) is 0 Å². The molecule has 3 aromatic carbocycles. The van der Waals surface area contributed by atoms with Crippen molar-refractivity contribution in [2.45, 2.75) is 6.92 Å². The number of rotatable bonds is 5. The van der Waals surface area contributed by atoms with Gasteiger partial charge in [0.25, 0.3) is 0 Å². The standard InChI is InChI=1S/C22H22P.BrH/c1-3-19-15-17-22(18-16-19)23(4-2,20-11-7-5-8-12-20)21-13-9-6-10-14-21;/h3,5-18H,1,4H2,2H3;1H/q+1;/p-1. The number of benzene rings is 3. The van der Waals surface area contributed by atoms with Gasteiger partial charge >= 0.3 is 0 Å². The van der Waals surface area contributed by atoms with Crippen molar-refractivity contribution in [3.8, 4) is 0 Å². The van der Waals surface area contributed by atoms with Crippen LogP contribution in [0.15, 0.2) is 91.5 Å². The summed E-state index contributed by atoms with van der Waals surface area (Å²) in [7, 11) is -1.60. The van der Waals surface area contributed by atoms with Crippen molar-refractivity contribution in [3.05, 3.63) is 97.1 Å². The monoisotopic (exact) mass is 396 g/mol. The smallest absolute Gasteiger partial charge is 0.111 e. The zero-order valence-electron chi connectivity index (χ0n) is 13.9. The summed E-state index contributed by atoms with van der Waals surface area (Å²) >= 11 is 0. The van der Waals surface area contributed by atoms with E-state index in [9.17, 15) is 0 Å². The third-order valence-electron chi connectivity index (χ3n) is 4.44. The maximum atomic E-state index is 3.87. The van der Waals surface area contributed by atoms with Gasteiger partial charge in [0.05, 0.1) is 6.16 Å². The highest BCUT2D eigenvalue weighted by Gasteiger charge is 2.43. The normalized spacial score (nSPS) is 10.7. The molecule has 0 saturated heterocycles. The van der Waals surface area contributed by atoms with Crippen LogP contribution in [0.2, 0.25) is 0 Å². The van der Waals surface area contributed by atoms with Crippen LogP contribution >= 0.6 is 7.26 Å². The molecule has 3 rings (SSSR count). The topological polar surface area (TPSA) is 0 Å². The Labute approximate surface area is 156 Å². The van der Waals surface area contributed by atoms with Crippen molar-refractivity contribution in [1.29, 1.82) is 0 Å². The van der Waals surface area contributed by atoms with Crippen molar-refractivity contribution in [2.75, 3.05) is 6.16 Å². The Hall–Kier alpha value is -1.69. The molecular weight excluding hydrogens is 375 g/mol. The van der Waals surface area contributed by atoms with Crippen LogP contribution in [0, 0.1) is 0 Å². The first-order valence-electron chi connectivity index (χ1n) is 8.03. The Morgan fingerprint density at radius 3 is 1.50 bits per heavy atom. The molecule has 0 aliphatic heterocycles. The fourth-order valence-corrected chi connectivity index (χ4v) is 7.23. The summed E-state index contributed by atoms with van der Waals surface area (Å²) in [5.74, 6) is 0. The molecule has 2 heteroatoms. The summed E-state index contributed by atoms with van der Waals surface area (Å²) in [5, 5.41) is 4.32. The molecule has 0 spiro atoms. The second-order valence-electron chi connectivity index (χ2n) is 5.59. The number of hydrogen-bond acceptors (Lipinski definition) is 0. The van der Waals surface area contributed by atoms with Gasteiger partial charge in [0.15, 0.2) is 0 Å². The minimum Gasteiger partial charge on any atom is -1.00 e. The van der Waals surface area contributed by atoms with Gasteiger partial charge in [0, 0.05) is 0 Å². The van der Waals surface area contributed by atoms with Gasteiger partial charge in [0.1, 0.15) is 23.2 Å². The molecule has 0 aliphatic carbocycles. The largest absolute Gasteiger partial charge is 1.00 e. The Bertz CT molecular complexity index is 725. The Morgan fingerprint density at radius 2 is 1.12 bits per heavy atom. The lowest BCUT2D eigenvalue weighted by Gasteiger charge is -2.26. The first kappa shape index (κ1) is 18.6. The van der Waals surface area contributed by atoms with E-state index in [1.807, 2.05) is 6.08 Å².